The Kier molecular flexibility index (Phi) is 5.98. The van der Waals surface area contributed by atoms with Gasteiger partial charge < -0.3 is 15.5 Å². The second-order valence-electron chi connectivity index (χ2n) is 6.68. The van der Waals surface area contributed by atoms with Gasteiger partial charge in [-0.15, -0.1) is 0 Å². The molecular formula is C17H26FN5O2S. The van der Waals surface area contributed by atoms with E-state index in [1.807, 2.05) is 0 Å². The van der Waals surface area contributed by atoms with Crippen molar-refractivity contribution in [2.75, 3.05) is 68.8 Å². The molecule has 0 aliphatic carbocycles. The van der Waals surface area contributed by atoms with Crippen molar-refractivity contribution in [3.63, 3.8) is 0 Å². The van der Waals surface area contributed by atoms with Crippen LogP contribution >= 0.6 is 0 Å². The summed E-state index contributed by atoms with van der Waals surface area (Å²) in [6.45, 7) is 5.62. The minimum atomic E-state index is -2.84. The van der Waals surface area contributed by atoms with Gasteiger partial charge in [-0.3, -0.25) is 9.89 Å². The number of hydrogen-bond donors (Lipinski definition) is 1. The lowest BCUT2D eigenvalue weighted by molar-refractivity contribution is 0.303. The number of nitrogens with two attached hydrogens (primary N) is 1. The van der Waals surface area contributed by atoms with Gasteiger partial charge in [0.05, 0.1) is 18.1 Å². The summed E-state index contributed by atoms with van der Waals surface area (Å²) in [4.78, 5) is 10.8. The maximum atomic E-state index is 13.0. The molecule has 1 aromatic carbocycles. The smallest absolute Gasteiger partial charge is 0.191 e. The average molecular weight is 383 g/mol. The van der Waals surface area contributed by atoms with Crippen molar-refractivity contribution in [2.45, 2.75) is 0 Å². The molecule has 2 heterocycles. The molecule has 7 nitrogen and oxygen atoms in total. The predicted molar refractivity (Wildman–Crippen MR) is 102 cm³/mol. The van der Waals surface area contributed by atoms with Gasteiger partial charge in [-0.2, -0.15) is 0 Å². The highest BCUT2D eigenvalue weighted by molar-refractivity contribution is 7.91. The Morgan fingerprint density at radius 3 is 2.27 bits per heavy atom. The largest absolute Gasteiger partial charge is 0.370 e. The molecule has 0 saturated carbocycles. The van der Waals surface area contributed by atoms with Gasteiger partial charge in [0.15, 0.2) is 15.8 Å². The molecule has 0 unspecified atom stereocenters. The van der Waals surface area contributed by atoms with Gasteiger partial charge in [0.25, 0.3) is 0 Å². The van der Waals surface area contributed by atoms with E-state index in [2.05, 4.69) is 19.7 Å². The quantitative estimate of drug-likeness (QED) is 0.582. The SMILES string of the molecule is NC(=NCCN1CCS(=O)(=O)CC1)N1CCN(c2ccc(F)cc2)CC1. The highest BCUT2D eigenvalue weighted by Crippen LogP contribution is 2.16. The van der Waals surface area contributed by atoms with E-state index in [-0.39, 0.29) is 17.3 Å². The molecule has 26 heavy (non-hydrogen) atoms. The van der Waals surface area contributed by atoms with Gasteiger partial charge in [-0.1, -0.05) is 0 Å². The molecule has 0 spiro atoms. The van der Waals surface area contributed by atoms with E-state index in [0.29, 0.717) is 25.6 Å². The molecule has 3 rings (SSSR count). The molecular weight excluding hydrogens is 357 g/mol. The predicted octanol–water partition coefficient (Wildman–Crippen LogP) is -0.00720. The normalized spacial score (nSPS) is 21.8. The minimum absolute atomic E-state index is 0.227. The lowest BCUT2D eigenvalue weighted by atomic mass is 10.2. The zero-order valence-electron chi connectivity index (χ0n) is 14.8. The Labute approximate surface area is 154 Å². The number of anilines is 1. The first-order valence-corrected chi connectivity index (χ1v) is 10.7. The Balaban J connectivity index is 1.42. The van der Waals surface area contributed by atoms with Gasteiger partial charge in [-0.25, -0.2) is 12.8 Å². The average Bonchev–Trinajstić information content (AvgIpc) is 2.64. The van der Waals surface area contributed by atoms with Crippen LogP contribution in [0.2, 0.25) is 0 Å². The summed E-state index contributed by atoms with van der Waals surface area (Å²) in [5.74, 6) is 0.776. The minimum Gasteiger partial charge on any atom is -0.370 e. The van der Waals surface area contributed by atoms with Crippen LogP contribution in [-0.4, -0.2) is 88.0 Å². The van der Waals surface area contributed by atoms with Crippen molar-refractivity contribution in [2.24, 2.45) is 10.7 Å². The van der Waals surface area contributed by atoms with Crippen LogP contribution in [0.3, 0.4) is 0 Å². The standard InChI is InChI=1S/C17H26FN5O2S/c18-15-1-3-16(4-2-15)22-7-9-23(10-8-22)17(19)20-5-6-21-11-13-26(24,25)14-12-21/h1-4H,5-14H2,(H2,19,20). The maximum absolute atomic E-state index is 13.0. The van der Waals surface area contributed by atoms with E-state index < -0.39 is 9.84 Å². The summed E-state index contributed by atoms with van der Waals surface area (Å²) in [6, 6.07) is 6.54. The number of aliphatic imine (C=N–C) groups is 1. The van der Waals surface area contributed by atoms with Crippen molar-refractivity contribution in [3.8, 4) is 0 Å². The third-order valence-electron chi connectivity index (χ3n) is 4.92. The zero-order valence-corrected chi connectivity index (χ0v) is 15.7. The van der Waals surface area contributed by atoms with Gasteiger partial charge in [-0.05, 0) is 24.3 Å². The van der Waals surface area contributed by atoms with E-state index in [1.165, 1.54) is 12.1 Å². The first-order chi connectivity index (χ1) is 12.4. The molecule has 2 aliphatic rings. The number of hydrogen-bond acceptors (Lipinski definition) is 5. The van der Waals surface area contributed by atoms with E-state index in [9.17, 15) is 12.8 Å². The Bertz CT molecular complexity index is 716. The van der Waals surface area contributed by atoms with Crippen LogP contribution in [0.1, 0.15) is 0 Å². The fourth-order valence-corrected chi connectivity index (χ4v) is 4.50. The molecule has 0 amide bonds. The molecule has 2 saturated heterocycles. The van der Waals surface area contributed by atoms with E-state index in [4.69, 9.17) is 5.73 Å². The molecule has 2 fully saturated rings. The molecule has 144 valence electrons. The second-order valence-corrected chi connectivity index (χ2v) is 8.99. The third-order valence-corrected chi connectivity index (χ3v) is 6.53. The van der Waals surface area contributed by atoms with Crippen LogP contribution in [-0.2, 0) is 9.84 Å². The molecule has 0 aromatic heterocycles. The topological polar surface area (TPSA) is 82.2 Å². The summed E-state index contributed by atoms with van der Waals surface area (Å²) in [6.07, 6.45) is 0. The van der Waals surface area contributed by atoms with Gasteiger partial charge >= 0.3 is 0 Å². The van der Waals surface area contributed by atoms with Crippen LogP contribution in [0.25, 0.3) is 0 Å². The number of sulfone groups is 1. The van der Waals surface area contributed by atoms with E-state index in [1.54, 1.807) is 12.1 Å². The number of nitrogens with zero attached hydrogens (tertiary/aromatic N) is 4. The molecule has 2 aliphatic heterocycles. The summed E-state index contributed by atoms with van der Waals surface area (Å²) in [7, 11) is -2.84. The fraction of sp³-hybridized carbons (Fsp3) is 0.588. The Morgan fingerprint density at radius 1 is 1.04 bits per heavy atom. The lowest BCUT2D eigenvalue weighted by Gasteiger charge is -2.36. The molecule has 0 bridgehead atoms. The number of halogens is 1. The van der Waals surface area contributed by atoms with E-state index >= 15 is 0 Å². The van der Waals surface area contributed by atoms with Crippen molar-refractivity contribution < 1.29 is 12.8 Å². The monoisotopic (exact) mass is 383 g/mol. The second kappa shape index (κ2) is 8.22. The first-order valence-electron chi connectivity index (χ1n) is 8.91. The van der Waals surface area contributed by atoms with Crippen molar-refractivity contribution >= 4 is 21.5 Å². The molecule has 0 atom stereocenters. The number of benzene rings is 1. The van der Waals surface area contributed by atoms with Crippen LogP contribution in [0.15, 0.2) is 29.3 Å². The van der Waals surface area contributed by atoms with Gasteiger partial charge in [0, 0.05) is 51.5 Å². The fourth-order valence-electron chi connectivity index (χ4n) is 3.23. The maximum Gasteiger partial charge on any atom is 0.191 e. The van der Waals surface area contributed by atoms with Crippen LogP contribution in [0, 0.1) is 5.82 Å². The van der Waals surface area contributed by atoms with Crippen LogP contribution in [0.5, 0.6) is 0 Å². The molecule has 1 aromatic rings. The summed E-state index contributed by atoms with van der Waals surface area (Å²) >= 11 is 0. The summed E-state index contributed by atoms with van der Waals surface area (Å²) in [5, 5.41) is 0. The highest BCUT2D eigenvalue weighted by atomic mass is 32.2. The molecule has 9 heteroatoms. The third kappa shape index (κ3) is 5.07. The van der Waals surface area contributed by atoms with Crippen molar-refractivity contribution in [1.29, 1.82) is 0 Å². The molecule has 0 radical (unpaired) electrons. The summed E-state index contributed by atoms with van der Waals surface area (Å²) < 4.78 is 35.9. The van der Waals surface area contributed by atoms with Crippen molar-refractivity contribution in [1.82, 2.24) is 9.80 Å². The van der Waals surface area contributed by atoms with Gasteiger partial charge in [0.1, 0.15) is 5.82 Å². The highest BCUT2D eigenvalue weighted by Gasteiger charge is 2.21. The van der Waals surface area contributed by atoms with Gasteiger partial charge in [0.2, 0.25) is 0 Å². The Hall–Kier alpha value is -1.87. The lowest BCUT2D eigenvalue weighted by Crippen LogP contribution is -2.51. The number of piperazine rings is 1. The number of guanidine groups is 1. The van der Waals surface area contributed by atoms with E-state index in [0.717, 1.165) is 38.4 Å². The summed E-state index contributed by atoms with van der Waals surface area (Å²) in [5.41, 5.74) is 7.12. The van der Waals surface area contributed by atoms with Crippen molar-refractivity contribution in [3.05, 3.63) is 30.1 Å². The molecule has 2 N–H and O–H groups in total. The Morgan fingerprint density at radius 2 is 1.65 bits per heavy atom. The van der Waals surface area contributed by atoms with Crippen LogP contribution < -0.4 is 10.6 Å². The van der Waals surface area contributed by atoms with Crippen LogP contribution in [0.4, 0.5) is 10.1 Å². The zero-order chi connectivity index (χ0) is 18.6. The first kappa shape index (κ1) is 18.9. The number of rotatable bonds is 4.